The first-order chi connectivity index (χ1) is 8.88. The minimum absolute atomic E-state index is 0.103. The second-order valence-corrected chi connectivity index (χ2v) is 4.28. The molecule has 1 saturated heterocycles. The molecule has 0 spiro atoms. The second-order valence-electron chi connectivity index (χ2n) is 4.28. The number of H-pyrrole nitrogens is 1. The maximum atomic E-state index is 12.3. The molecule has 104 valence electrons. The average molecular weight is 275 g/mol. The Bertz CT molecular complexity index is 533. The van der Waals surface area contributed by atoms with Crippen LogP contribution in [0.5, 0.6) is 0 Å². The molecule has 1 unspecified atom stereocenters. The van der Waals surface area contributed by atoms with Gasteiger partial charge in [-0.2, -0.15) is 13.2 Å². The van der Waals surface area contributed by atoms with Crippen molar-refractivity contribution in [2.75, 3.05) is 13.1 Å². The number of amides is 1. The Balaban J connectivity index is 2.16. The Morgan fingerprint density at radius 2 is 2.11 bits per heavy atom. The third-order valence-electron chi connectivity index (χ3n) is 2.86. The van der Waals surface area contributed by atoms with Crippen molar-refractivity contribution in [3.63, 3.8) is 0 Å². The molecule has 1 atom stereocenters. The second kappa shape index (κ2) is 5.04. The quantitative estimate of drug-likeness (QED) is 0.735. The first-order valence-corrected chi connectivity index (χ1v) is 5.70. The van der Waals surface area contributed by atoms with Crippen LogP contribution in [0.2, 0.25) is 0 Å². The maximum absolute atomic E-state index is 12.3. The van der Waals surface area contributed by atoms with E-state index in [9.17, 15) is 22.8 Å². The van der Waals surface area contributed by atoms with Crippen LogP contribution >= 0.6 is 0 Å². The Kier molecular flexibility index (Phi) is 3.61. The molecular weight excluding hydrogens is 263 g/mol. The molecule has 2 heterocycles. The van der Waals surface area contributed by atoms with E-state index < -0.39 is 23.3 Å². The highest BCUT2D eigenvalue weighted by atomic mass is 19.4. The number of hydrogen-bond acceptors (Lipinski definition) is 3. The summed E-state index contributed by atoms with van der Waals surface area (Å²) in [5.41, 5.74) is -2.53. The molecule has 8 heteroatoms. The number of carbonyl (C=O) groups excluding carboxylic acids is 1. The summed E-state index contributed by atoms with van der Waals surface area (Å²) in [6, 6.07) is 1.47. The lowest BCUT2D eigenvalue weighted by Gasteiger charge is -2.11. The van der Waals surface area contributed by atoms with E-state index in [2.05, 4.69) is 10.6 Å². The Hall–Kier alpha value is -1.83. The summed E-state index contributed by atoms with van der Waals surface area (Å²) in [6.45, 7) is 1.35. The molecule has 0 bridgehead atoms. The summed E-state index contributed by atoms with van der Waals surface area (Å²) in [4.78, 5) is 24.9. The van der Waals surface area contributed by atoms with E-state index in [1.807, 2.05) is 0 Å². The van der Waals surface area contributed by atoms with Gasteiger partial charge in [0.05, 0.1) is 0 Å². The lowest BCUT2D eigenvalue weighted by molar-refractivity contribution is -0.141. The van der Waals surface area contributed by atoms with Crippen molar-refractivity contribution < 1.29 is 18.0 Å². The van der Waals surface area contributed by atoms with E-state index in [1.165, 1.54) is 0 Å². The molecule has 0 radical (unpaired) electrons. The third kappa shape index (κ3) is 3.14. The molecular formula is C11H12F3N3O2. The third-order valence-corrected chi connectivity index (χ3v) is 2.86. The predicted octanol–water partition coefficient (Wildman–Crippen LogP) is 0.485. The fourth-order valence-corrected chi connectivity index (χ4v) is 1.86. The van der Waals surface area contributed by atoms with Crippen molar-refractivity contribution in [3.05, 3.63) is 33.7 Å². The van der Waals surface area contributed by atoms with Crippen molar-refractivity contribution in [1.82, 2.24) is 15.6 Å². The molecule has 0 aromatic carbocycles. The molecule has 0 saturated carbocycles. The number of alkyl halides is 3. The fraction of sp³-hybridized carbons (Fsp3) is 0.455. The van der Waals surface area contributed by atoms with E-state index in [-0.39, 0.29) is 11.6 Å². The minimum atomic E-state index is -4.64. The van der Waals surface area contributed by atoms with Gasteiger partial charge in [-0.3, -0.25) is 9.59 Å². The van der Waals surface area contributed by atoms with E-state index >= 15 is 0 Å². The molecule has 3 N–H and O–H groups in total. The first kappa shape index (κ1) is 13.6. The van der Waals surface area contributed by atoms with Crippen LogP contribution in [0, 0.1) is 0 Å². The Morgan fingerprint density at radius 3 is 2.63 bits per heavy atom. The molecule has 1 aliphatic heterocycles. The van der Waals surface area contributed by atoms with Gasteiger partial charge < -0.3 is 15.6 Å². The van der Waals surface area contributed by atoms with Crippen molar-refractivity contribution >= 4 is 5.91 Å². The Labute approximate surface area is 106 Å². The van der Waals surface area contributed by atoms with Gasteiger partial charge in [-0.25, -0.2) is 0 Å². The van der Waals surface area contributed by atoms with Crippen LogP contribution in [0.3, 0.4) is 0 Å². The number of carbonyl (C=O) groups is 1. The largest absolute Gasteiger partial charge is 0.431 e. The summed E-state index contributed by atoms with van der Waals surface area (Å²) < 4.78 is 37.0. The summed E-state index contributed by atoms with van der Waals surface area (Å²) in [7, 11) is 0. The van der Waals surface area contributed by atoms with Crippen molar-refractivity contribution in [2.45, 2.75) is 18.6 Å². The maximum Gasteiger partial charge on any atom is 0.431 e. The van der Waals surface area contributed by atoms with Crippen LogP contribution in [-0.2, 0) is 6.18 Å². The van der Waals surface area contributed by atoms with Crippen molar-refractivity contribution in [3.8, 4) is 0 Å². The molecule has 1 amide bonds. The molecule has 2 rings (SSSR count). The zero-order chi connectivity index (χ0) is 14.0. The van der Waals surface area contributed by atoms with Crippen molar-refractivity contribution in [1.29, 1.82) is 0 Å². The van der Waals surface area contributed by atoms with Crippen LogP contribution in [-0.4, -0.2) is 30.0 Å². The number of aromatic nitrogens is 1. The van der Waals surface area contributed by atoms with Gasteiger partial charge in [0.25, 0.3) is 11.5 Å². The number of nitrogens with one attached hydrogen (secondary N) is 3. The van der Waals surface area contributed by atoms with Crippen LogP contribution < -0.4 is 16.2 Å². The molecule has 1 aromatic rings. The first-order valence-electron chi connectivity index (χ1n) is 5.70. The zero-order valence-corrected chi connectivity index (χ0v) is 9.80. The number of pyridine rings is 1. The molecule has 1 aromatic heterocycles. The van der Waals surface area contributed by atoms with Gasteiger partial charge in [0.15, 0.2) is 0 Å². The number of rotatable bonds is 2. The predicted molar refractivity (Wildman–Crippen MR) is 60.8 cm³/mol. The summed E-state index contributed by atoms with van der Waals surface area (Å²) in [6.07, 6.45) is -3.91. The lowest BCUT2D eigenvalue weighted by Crippen LogP contribution is -2.39. The zero-order valence-electron chi connectivity index (χ0n) is 9.80. The highest BCUT2D eigenvalue weighted by Crippen LogP contribution is 2.26. The van der Waals surface area contributed by atoms with E-state index in [0.717, 1.165) is 19.0 Å². The number of halogens is 3. The van der Waals surface area contributed by atoms with Crippen LogP contribution in [0.15, 0.2) is 16.9 Å². The van der Waals surface area contributed by atoms with Gasteiger partial charge in [-0.05, 0) is 25.1 Å². The van der Waals surface area contributed by atoms with E-state index in [1.54, 1.807) is 4.98 Å². The van der Waals surface area contributed by atoms with Crippen LogP contribution in [0.1, 0.15) is 22.5 Å². The molecule has 0 aliphatic carbocycles. The van der Waals surface area contributed by atoms with Gasteiger partial charge in [0, 0.05) is 12.6 Å². The normalized spacial score (nSPS) is 19.4. The molecule has 19 heavy (non-hydrogen) atoms. The standard InChI is InChI=1S/C11H12F3N3O2/c12-11(13,14)8-2-1-7(10(19)17-8)9(18)16-6-3-4-15-5-6/h1-2,6,15H,3-5H2,(H,16,18)(H,17,19). The van der Waals surface area contributed by atoms with Gasteiger partial charge in [0.1, 0.15) is 11.3 Å². The fourth-order valence-electron chi connectivity index (χ4n) is 1.86. The number of aromatic amines is 1. The van der Waals surface area contributed by atoms with E-state index in [0.29, 0.717) is 12.6 Å². The topological polar surface area (TPSA) is 74.0 Å². The highest BCUT2D eigenvalue weighted by molar-refractivity contribution is 5.94. The van der Waals surface area contributed by atoms with Crippen LogP contribution in [0.4, 0.5) is 13.2 Å². The molecule has 1 fully saturated rings. The van der Waals surface area contributed by atoms with E-state index in [4.69, 9.17) is 0 Å². The average Bonchev–Trinajstić information content (AvgIpc) is 2.80. The summed E-state index contributed by atoms with van der Waals surface area (Å²) >= 11 is 0. The minimum Gasteiger partial charge on any atom is -0.348 e. The summed E-state index contributed by atoms with van der Waals surface area (Å²) in [5.74, 6) is -0.663. The monoisotopic (exact) mass is 275 g/mol. The van der Waals surface area contributed by atoms with Crippen LogP contribution in [0.25, 0.3) is 0 Å². The number of hydrogen-bond donors (Lipinski definition) is 3. The van der Waals surface area contributed by atoms with Crippen molar-refractivity contribution in [2.24, 2.45) is 0 Å². The lowest BCUT2D eigenvalue weighted by atomic mass is 10.2. The van der Waals surface area contributed by atoms with Gasteiger partial charge in [-0.15, -0.1) is 0 Å². The summed E-state index contributed by atoms with van der Waals surface area (Å²) in [5, 5.41) is 5.61. The van der Waals surface area contributed by atoms with Gasteiger partial charge >= 0.3 is 6.18 Å². The highest BCUT2D eigenvalue weighted by Gasteiger charge is 2.32. The van der Waals surface area contributed by atoms with Gasteiger partial charge in [-0.1, -0.05) is 0 Å². The smallest absolute Gasteiger partial charge is 0.348 e. The molecule has 1 aliphatic rings. The van der Waals surface area contributed by atoms with Gasteiger partial charge in [0.2, 0.25) is 0 Å². The molecule has 5 nitrogen and oxygen atoms in total. The SMILES string of the molecule is O=C(NC1CCNC1)c1ccc(C(F)(F)F)[nH]c1=O. The Morgan fingerprint density at radius 1 is 1.37 bits per heavy atom.